The van der Waals surface area contributed by atoms with Crippen molar-refractivity contribution in [3.05, 3.63) is 72.2 Å². The monoisotopic (exact) mass is 741 g/mol. The van der Waals surface area contributed by atoms with Crippen molar-refractivity contribution < 1.29 is 36.7 Å². The number of sulfonamides is 1. The Morgan fingerprint density at radius 1 is 1.16 bits per heavy atom. The summed E-state index contributed by atoms with van der Waals surface area (Å²) in [6.45, 7) is 9.20. The van der Waals surface area contributed by atoms with E-state index in [2.05, 4.69) is 26.9 Å². The number of rotatable bonds is 12. The van der Waals surface area contributed by atoms with Gasteiger partial charge in [-0.05, 0) is 55.0 Å². The molecule has 12 nitrogen and oxygen atoms in total. The Kier molecular flexibility index (Phi) is 9.81. The molecule has 0 spiro atoms. The van der Waals surface area contributed by atoms with Gasteiger partial charge in [0.25, 0.3) is 5.91 Å². The number of fused-ring (bicyclic) bond motifs is 1. The molecule has 51 heavy (non-hydrogen) atoms. The summed E-state index contributed by atoms with van der Waals surface area (Å²) >= 11 is 6.32. The summed E-state index contributed by atoms with van der Waals surface area (Å²) in [7, 11) is -2.41. The molecule has 6 rings (SSSR count). The number of carbonyl (C=O) groups excluding carboxylic acids is 3. The minimum absolute atomic E-state index is 0.0134. The fraction of sp³-hybridized carbons (Fsp3) is 0.444. The van der Waals surface area contributed by atoms with E-state index in [1.54, 1.807) is 56.0 Å². The largest absolute Gasteiger partial charge is 0.494 e. The summed E-state index contributed by atoms with van der Waals surface area (Å²) in [5.74, 6) is -2.54. The molecule has 3 N–H and O–H groups in total. The van der Waals surface area contributed by atoms with Crippen molar-refractivity contribution >= 4 is 55.8 Å². The summed E-state index contributed by atoms with van der Waals surface area (Å²) in [4.78, 5) is 48.0. The molecule has 1 aliphatic heterocycles. The van der Waals surface area contributed by atoms with Crippen LogP contribution in [0.2, 0.25) is 5.02 Å². The molecule has 1 saturated heterocycles. The van der Waals surface area contributed by atoms with E-state index in [1.165, 1.54) is 31.5 Å². The van der Waals surface area contributed by atoms with Crippen LogP contribution in [0.25, 0.3) is 10.8 Å². The molecule has 2 unspecified atom stereocenters. The molecule has 3 amide bonds. The van der Waals surface area contributed by atoms with Crippen LogP contribution >= 0.6 is 11.6 Å². The Balaban J connectivity index is 1.32. The van der Waals surface area contributed by atoms with Crippen molar-refractivity contribution in [2.75, 3.05) is 19.0 Å². The lowest BCUT2D eigenvalue weighted by Crippen LogP contribution is -2.59. The number of ether oxygens (including phenoxy) is 2. The van der Waals surface area contributed by atoms with Gasteiger partial charge in [0.2, 0.25) is 27.7 Å². The summed E-state index contributed by atoms with van der Waals surface area (Å²) < 4.78 is 54.6. The molecular formula is C36H41ClFN5O7S. The number of amides is 3. The number of nitrogens with zero attached hydrogens (tertiary/aromatic N) is 2. The van der Waals surface area contributed by atoms with Crippen molar-refractivity contribution in [1.29, 1.82) is 0 Å². The normalized spacial score (nSPS) is 24.0. The van der Waals surface area contributed by atoms with E-state index in [-0.39, 0.29) is 31.0 Å². The zero-order chi connectivity index (χ0) is 36.9. The van der Waals surface area contributed by atoms with Crippen LogP contribution in [-0.2, 0) is 24.4 Å². The Morgan fingerprint density at radius 2 is 1.88 bits per heavy atom. The highest BCUT2D eigenvalue weighted by Crippen LogP contribution is 2.53. The number of methoxy groups -OCH3 is 1. The Labute approximate surface area is 301 Å². The quantitative estimate of drug-likeness (QED) is 0.225. The van der Waals surface area contributed by atoms with Crippen molar-refractivity contribution in [1.82, 2.24) is 19.9 Å². The molecule has 2 aliphatic carbocycles. The van der Waals surface area contributed by atoms with Gasteiger partial charge < -0.3 is 14.8 Å². The van der Waals surface area contributed by atoms with Crippen LogP contribution in [0.4, 0.5) is 10.1 Å². The number of halogens is 2. The second-order valence-electron chi connectivity index (χ2n) is 14.4. The fourth-order valence-corrected chi connectivity index (χ4v) is 8.32. The van der Waals surface area contributed by atoms with Crippen molar-refractivity contribution in [3.8, 4) is 11.6 Å². The number of nitrogens with one attached hydrogen (secondary N) is 3. The SMILES string of the molecule is C=CC1CC1(C(=O)NS(=O)(=O)C1CC1)N1C[C@H](Oc2ncc(OC)c3ccc(Cl)cc23)C[C@H]1C(=O)NC(=O)[C@H](Nc1ccccc1F)C(C)(C)C. The first kappa shape index (κ1) is 36.5. The zero-order valence-corrected chi connectivity index (χ0v) is 30.3. The predicted molar refractivity (Wildman–Crippen MR) is 190 cm³/mol. The number of hydrogen-bond donors (Lipinski definition) is 3. The van der Waals surface area contributed by atoms with Gasteiger partial charge in [-0.3, -0.25) is 29.3 Å². The summed E-state index contributed by atoms with van der Waals surface area (Å²) in [6, 6.07) is 8.91. The smallest absolute Gasteiger partial charge is 0.254 e. The average molecular weight is 742 g/mol. The maximum absolute atomic E-state index is 14.6. The molecule has 15 heteroatoms. The lowest BCUT2D eigenvalue weighted by atomic mass is 9.85. The van der Waals surface area contributed by atoms with E-state index in [0.717, 1.165) is 0 Å². The van der Waals surface area contributed by atoms with E-state index in [9.17, 15) is 27.2 Å². The van der Waals surface area contributed by atoms with E-state index in [0.29, 0.717) is 34.4 Å². The minimum atomic E-state index is -3.93. The van der Waals surface area contributed by atoms with E-state index in [4.69, 9.17) is 21.1 Å². The second-order valence-corrected chi connectivity index (χ2v) is 16.8. The van der Waals surface area contributed by atoms with Gasteiger partial charge in [0, 0.05) is 34.7 Å². The number of likely N-dealkylation sites (tertiary alicyclic amines) is 1. The standard InChI is InChI=1S/C36H41ClFN5O7S/c1-6-20-17-36(20,34(46)42-51(47,48)23-12-13-23)43-19-22(50-33-25-15-21(37)11-14-24(25)29(49-5)18-39-33)16-28(43)31(44)41-32(45)30(35(2,3)4)40-27-10-8-7-9-26(27)38/h6-11,14-15,18,20,22-23,28,30,40H,1,12-13,16-17,19H2,2-5H3,(H,42,46)(H,41,44,45)/t20?,22-,28+,30+,36?/m1/s1. The van der Waals surface area contributed by atoms with Crippen LogP contribution < -0.4 is 24.8 Å². The minimum Gasteiger partial charge on any atom is -0.494 e. The van der Waals surface area contributed by atoms with Gasteiger partial charge in [0.05, 0.1) is 30.3 Å². The molecule has 5 atom stereocenters. The van der Waals surface area contributed by atoms with Crippen molar-refractivity contribution in [3.63, 3.8) is 0 Å². The molecular weight excluding hydrogens is 701 g/mol. The second kappa shape index (κ2) is 13.7. The van der Waals surface area contributed by atoms with Gasteiger partial charge in [-0.25, -0.2) is 17.8 Å². The number of para-hydroxylation sites is 1. The number of pyridine rings is 1. The third kappa shape index (κ3) is 7.26. The van der Waals surface area contributed by atoms with Gasteiger partial charge in [0.15, 0.2) is 0 Å². The van der Waals surface area contributed by atoms with E-state index < -0.39 is 73.9 Å². The molecule has 3 fully saturated rings. The maximum atomic E-state index is 14.6. The highest BCUT2D eigenvalue weighted by Gasteiger charge is 2.67. The van der Waals surface area contributed by atoms with Gasteiger partial charge >= 0.3 is 0 Å². The molecule has 2 saturated carbocycles. The fourth-order valence-electron chi connectivity index (χ4n) is 6.79. The average Bonchev–Trinajstić information content (AvgIpc) is 4.00. The summed E-state index contributed by atoms with van der Waals surface area (Å²) in [6.07, 6.45) is 3.46. The first-order chi connectivity index (χ1) is 24.1. The third-order valence-electron chi connectivity index (χ3n) is 9.76. The number of anilines is 1. The van der Waals surface area contributed by atoms with E-state index in [1.807, 2.05) is 0 Å². The Hall–Kier alpha value is -4.27. The lowest BCUT2D eigenvalue weighted by Gasteiger charge is -2.34. The molecule has 272 valence electrons. The zero-order valence-electron chi connectivity index (χ0n) is 28.7. The van der Waals surface area contributed by atoms with Crippen LogP contribution in [-0.4, -0.2) is 78.7 Å². The summed E-state index contributed by atoms with van der Waals surface area (Å²) in [5.41, 5.74) is -2.12. The topological polar surface area (TPSA) is 156 Å². The Morgan fingerprint density at radius 3 is 2.51 bits per heavy atom. The molecule has 0 bridgehead atoms. The van der Waals surface area contributed by atoms with Gasteiger partial charge in [-0.2, -0.15) is 0 Å². The van der Waals surface area contributed by atoms with Crippen molar-refractivity contribution in [2.45, 2.75) is 75.4 Å². The third-order valence-corrected chi connectivity index (χ3v) is 11.8. The molecule has 3 aromatic rings. The number of carbonyl (C=O) groups is 3. The number of benzene rings is 2. The van der Waals surface area contributed by atoms with E-state index >= 15 is 0 Å². The van der Waals surface area contributed by atoms with Gasteiger partial charge in [0.1, 0.15) is 29.3 Å². The van der Waals surface area contributed by atoms with Crippen LogP contribution in [0.3, 0.4) is 0 Å². The first-order valence-corrected chi connectivity index (χ1v) is 18.6. The first-order valence-electron chi connectivity index (χ1n) is 16.7. The van der Waals surface area contributed by atoms with Crippen LogP contribution in [0, 0.1) is 17.2 Å². The Bertz CT molecular complexity index is 2000. The van der Waals surface area contributed by atoms with Crippen LogP contribution in [0.1, 0.15) is 46.5 Å². The van der Waals surface area contributed by atoms with Crippen LogP contribution in [0.5, 0.6) is 11.6 Å². The highest BCUT2D eigenvalue weighted by molar-refractivity contribution is 7.91. The molecule has 1 aromatic heterocycles. The van der Waals surface area contributed by atoms with Gasteiger partial charge in [-0.1, -0.05) is 50.6 Å². The number of imide groups is 1. The van der Waals surface area contributed by atoms with Crippen molar-refractivity contribution in [2.24, 2.45) is 11.3 Å². The van der Waals surface area contributed by atoms with Gasteiger partial charge in [-0.15, -0.1) is 6.58 Å². The number of hydrogen-bond acceptors (Lipinski definition) is 10. The molecule has 2 aromatic carbocycles. The maximum Gasteiger partial charge on any atom is 0.254 e. The number of aromatic nitrogens is 1. The highest BCUT2D eigenvalue weighted by atomic mass is 35.5. The summed E-state index contributed by atoms with van der Waals surface area (Å²) in [5, 5.41) is 6.46. The lowest BCUT2D eigenvalue weighted by molar-refractivity contribution is -0.136. The molecule has 3 aliphatic rings. The van der Waals surface area contributed by atoms with Crippen LogP contribution in [0.15, 0.2) is 61.3 Å². The predicted octanol–water partition coefficient (Wildman–Crippen LogP) is 4.58. The molecule has 0 radical (unpaired) electrons. The molecule has 2 heterocycles.